The van der Waals surface area contributed by atoms with E-state index in [-0.39, 0.29) is 5.54 Å². The quantitative estimate of drug-likeness (QED) is 0.782. The third-order valence-electron chi connectivity index (χ3n) is 3.26. The van der Waals surface area contributed by atoms with Gasteiger partial charge in [0.25, 0.3) is 0 Å². The van der Waals surface area contributed by atoms with E-state index in [1.54, 1.807) is 7.11 Å². The van der Waals surface area contributed by atoms with Crippen LogP contribution in [0.3, 0.4) is 0 Å². The molecule has 0 aromatic heterocycles. The highest BCUT2D eigenvalue weighted by molar-refractivity contribution is 9.10. The van der Waals surface area contributed by atoms with Crippen LogP contribution < -0.4 is 10.1 Å². The zero-order valence-corrected chi connectivity index (χ0v) is 15.4. The summed E-state index contributed by atoms with van der Waals surface area (Å²) in [6.45, 7) is 13.6. The lowest BCUT2D eigenvalue weighted by molar-refractivity contribution is 0.226. The molecule has 1 N–H and O–H groups in total. The van der Waals surface area contributed by atoms with Crippen molar-refractivity contribution in [1.82, 2.24) is 5.32 Å². The Balaban J connectivity index is 2.80. The molecule has 0 aliphatic carbocycles. The zero-order chi connectivity index (χ0) is 15.6. The highest BCUT2D eigenvalue weighted by Gasteiger charge is 2.27. The van der Waals surface area contributed by atoms with Crippen LogP contribution in [-0.2, 0) is 0 Å². The molecule has 0 aliphatic heterocycles. The minimum absolute atomic E-state index is 0.101. The van der Waals surface area contributed by atoms with E-state index in [9.17, 15) is 0 Å². The number of hydrogen-bond donors (Lipinski definition) is 1. The van der Waals surface area contributed by atoms with Crippen LogP contribution in [0.15, 0.2) is 22.7 Å². The summed E-state index contributed by atoms with van der Waals surface area (Å²) in [6.07, 6.45) is 1.13. The average Bonchev–Trinajstić information content (AvgIpc) is 2.24. The number of nitrogens with one attached hydrogen (secondary N) is 1. The molecule has 1 unspecified atom stereocenters. The Morgan fingerprint density at radius 1 is 1.20 bits per heavy atom. The Kier molecular flexibility index (Phi) is 5.68. The van der Waals surface area contributed by atoms with Gasteiger partial charge in [0.2, 0.25) is 0 Å². The van der Waals surface area contributed by atoms with E-state index in [1.807, 2.05) is 6.07 Å². The number of methoxy groups -OCH3 is 1. The molecule has 0 fully saturated rings. The Morgan fingerprint density at radius 2 is 1.80 bits per heavy atom. The maximum atomic E-state index is 5.28. The normalized spacial score (nSPS) is 14.2. The first-order chi connectivity index (χ1) is 9.04. The van der Waals surface area contributed by atoms with Crippen molar-refractivity contribution in [1.29, 1.82) is 0 Å². The molecule has 0 heterocycles. The molecule has 20 heavy (non-hydrogen) atoms. The summed E-state index contributed by atoms with van der Waals surface area (Å²) >= 11 is 3.55. The van der Waals surface area contributed by atoms with Crippen LogP contribution in [0.2, 0.25) is 0 Å². The molecule has 1 rings (SSSR count). The van der Waals surface area contributed by atoms with Gasteiger partial charge < -0.3 is 10.1 Å². The molecule has 0 aliphatic rings. The molecule has 114 valence electrons. The first kappa shape index (κ1) is 17.5. The van der Waals surface area contributed by atoms with Gasteiger partial charge in [-0.05, 0) is 66.2 Å². The zero-order valence-electron chi connectivity index (χ0n) is 13.8. The van der Waals surface area contributed by atoms with Crippen LogP contribution in [0.4, 0.5) is 0 Å². The highest BCUT2D eigenvalue weighted by Crippen LogP contribution is 2.31. The fourth-order valence-corrected chi connectivity index (χ4v) is 3.56. The fraction of sp³-hybridized carbons (Fsp3) is 0.647. The number of rotatable bonds is 5. The minimum atomic E-state index is 0.101. The number of halogens is 1. The summed E-state index contributed by atoms with van der Waals surface area (Å²) in [5.74, 6) is 0.870. The van der Waals surface area contributed by atoms with Crippen LogP contribution >= 0.6 is 15.9 Å². The third kappa shape index (κ3) is 5.45. The van der Waals surface area contributed by atoms with Gasteiger partial charge in [0.05, 0.1) is 11.6 Å². The molecule has 2 nitrogen and oxygen atoms in total. The Morgan fingerprint density at radius 3 is 2.25 bits per heavy atom. The smallest absolute Gasteiger partial charge is 0.133 e. The summed E-state index contributed by atoms with van der Waals surface area (Å²) in [4.78, 5) is 0. The number of benzene rings is 1. The number of hydrogen-bond acceptors (Lipinski definition) is 2. The summed E-state index contributed by atoms with van der Waals surface area (Å²) in [5, 5.41) is 3.73. The molecule has 1 aromatic carbocycles. The van der Waals surface area contributed by atoms with Crippen LogP contribution in [0.5, 0.6) is 5.75 Å². The van der Waals surface area contributed by atoms with Gasteiger partial charge in [-0.15, -0.1) is 0 Å². The van der Waals surface area contributed by atoms with E-state index in [1.165, 1.54) is 5.56 Å². The van der Waals surface area contributed by atoms with Crippen molar-refractivity contribution < 1.29 is 4.74 Å². The van der Waals surface area contributed by atoms with Crippen LogP contribution in [0, 0.1) is 5.41 Å². The second-order valence-electron chi connectivity index (χ2n) is 7.38. The van der Waals surface area contributed by atoms with Crippen LogP contribution in [0.25, 0.3) is 0 Å². The maximum Gasteiger partial charge on any atom is 0.133 e. The van der Waals surface area contributed by atoms with E-state index in [0.717, 1.165) is 16.6 Å². The molecular formula is C17H28BrNO. The van der Waals surface area contributed by atoms with Gasteiger partial charge in [0.1, 0.15) is 5.75 Å². The molecule has 0 radical (unpaired) electrons. The molecule has 1 aromatic rings. The Hall–Kier alpha value is -0.540. The maximum absolute atomic E-state index is 5.28. The van der Waals surface area contributed by atoms with E-state index < -0.39 is 0 Å². The second kappa shape index (κ2) is 6.48. The fourth-order valence-electron chi connectivity index (χ4n) is 3.00. The van der Waals surface area contributed by atoms with Gasteiger partial charge in [-0.2, -0.15) is 0 Å². The number of ether oxygens (including phenoxy) is 1. The summed E-state index contributed by atoms with van der Waals surface area (Å²) in [7, 11) is 1.69. The SMILES string of the molecule is COc1ccc(C(C)NC(C)(C)CC(C)(C)C)cc1Br. The lowest BCUT2D eigenvalue weighted by atomic mass is 9.81. The van der Waals surface area contributed by atoms with Crippen molar-refractivity contribution in [2.45, 2.75) is 59.5 Å². The van der Waals surface area contributed by atoms with Crippen molar-refractivity contribution in [3.8, 4) is 5.75 Å². The van der Waals surface area contributed by atoms with Crippen molar-refractivity contribution in [3.05, 3.63) is 28.2 Å². The van der Waals surface area contributed by atoms with Crippen molar-refractivity contribution in [2.75, 3.05) is 7.11 Å². The van der Waals surface area contributed by atoms with Gasteiger partial charge in [0, 0.05) is 11.6 Å². The monoisotopic (exact) mass is 341 g/mol. The van der Waals surface area contributed by atoms with Gasteiger partial charge in [-0.25, -0.2) is 0 Å². The van der Waals surface area contributed by atoms with E-state index in [4.69, 9.17) is 4.74 Å². The van der Waals surface area contributed by atoms with Crippen molar-refractivity contribution in [3.63, 3.8) is 0 Å². The van der Waals surface area contributed by atoms with Crippen LogP contribution in [-0.4, -0.2) is 12.6 Å². The van der Waals surface area contributed by atoms with E-state index in [2.05, 4.69) is 74.9 Å². The highest BCUT2D eigenvalue weighted by atomic mass is 79.9. The summed E-state index contributed by atoms with van der Waals surface area (Å²) < 4.78 is 6.28. The minimum Gasteiger partial charge on any atom is -0.496 e. The standard InChI is InChI=1S/C17H28BrNO/c1-12(19-17(5,6)11-16(2,3)4)13-8-9-15(20-7)14(18)10-13/h8-10,12,19H,11H2,1-7H3. The lowest BCUT2D eigenvalue weighted by Gasteiger charge is -2.36. The van der Waals surface area contributed by atoms with Gasteiger partial charge in [0.15, 0.2) is 0 Å². The molecule has 3 heteroatoms. The van der Waals surface area contributed by atoms with Gasteiger partial charge >= 0.3 is 0 Å². The Bertz CT molecular complexity index is 449. The van der Waals surface area contributed by atoms with Crippen molar-refractivity contribution in [2.24, 2.45) is 5.41 Å². The second-order valence-corrected chi connectivity index (χ2v) is 8.24. The molecule has 0 spiro atoms. The van der Waals surface area contributed by atoms with Crippen LogP contribution in [0.1, 0.15) is 59.6 Å². The predicted molar refractivity (Wildman–Crippen MR) is 90.4 cm³/mol. The van der Waals surface area contributed by atoms with Gasteiger partial charge in [-0.1, -0.05) is 26.8 Å². The first-order valence-electron chi connectivity index (χ1n) is 7.15. The Labute approximate surface area is 132 Å². The van der Waals surface area contributed by atoms with E-state index >= 15 is 0 Å². The molecular weight excluding hydrogens is 314 g/mol. The largest absolute Gasteiger partial charge is 0.496 e. The molecule has 0 bridgehead atoms. The molecule has 0 saturated heterocycles. The third-order valence-corrected chi connectivity index (χ3v) is 3.88. The average molecular weight is 342 g/mol. The molecule has 0 saturated carbocycles. The predicted octanol–water partition coefficient (Wildman–Crippen LogP) is 5.32. The van der Waals surface area contributed by atoms with Gasteiger partial charge in [-0.3, -0.25) is 0 Å². The lowest BCUT2D eigenvalue weighted by Crippen LogP contribution is -2.43. The summed E-state index contributed by atoms with van der Waals surface area (Å²) in [6, 6.07) is 6.56. The molecule has 1 atom stereocenters. The van der Waals surface area contributed by atoms with Crippen molar-refractivity contribution >= 4 is 15.9 Å². The molecule has 0 amide bonds. The van der Waals surface area contributed by atoms with E-state index in [0.29, 0.717) is 11.5 Å². The summed E-state index contributed by atoms with van der Waals surface area (Å²) in [5.41, 5.74) is 1.68. The first-order valence-corrected chi connectivity index (χ1v) is 7.94. The topological polar surface area (TPSA) is 21.3 Å².